The predicted octanol–water partition coefficient (Wildman–Crippen LogP) is 5.21. The molecule has 6 nitrogen and oxygen atoms in total. The number of esters is 1. The molecule has 0 unspecified atom stereocenters. The van der Waals surface area contributed by atoms with Crippen molar-refractivity contribution in [1.82, 2.24) is 5.32 Å². The van der Waals surface area contributed by atoms with E-state index in [2.05, 4.69) is 26.1 Å². The number of nitrogens with one attached hydrogen (secondary N) is 1. The second kappa shape index (κ2) is 10.2. The molecule has 0 spiro atoms. The number of amides is 1. The minimum absolute atomic E-state index is 0.0254. The van der Waals surface area contributed by atoms with Crippen molar-refractivity contribution >= 4 is 24.5 Å². The lowest BCUT2D eigenvalue weighted by molar-refractivity contribution is -0.153. The van der Waals surface area contributed by atoms with E-state index in [1.54, 1.807) is 12.1 Å². The zero-order chi connectivity index (χ0) is 28.7. The van der Waals surface area contributed by atoms with Crippen LogP contribution in [0.2, 0.25) is 0 Å². The lowest BCUT2D eigenvalue weighted by Crippen LogP contribution is -2.64. The van der Waals surface area contributed by atoms with E-state index in [-0.39, 0.29) is 17.7 Å². The molecule has 0 bridgehead atoms. The second-order valence-corrected chi connectivity index (χ2v) is 13.4. The number of hydrogen-bond acceptors (Lipinski definition) is 5. The molecule has 0 saturated carbocycles. The van der Waals surface area contributed by atoms with Crippen LogP contribution in [-0.4, -0.2) is 42.8 Å². The molecule has 1 aliphatic rings. The van der Waals surface area contributed by atoms with Crippen molar-refractivity contribution in [2.45, 2.75) is 97.8 Å². The molecule has 1 N–H and O–H groups in total. The minimum Gasteiger partial charge on any atom is -0.467 e. The van der Waals surface area contributed by atoms with E-state index in [4.69, 9.17) is 14.0 Å². The van der Waals surface area contributed by atoms with E-state index >= 15 is 0 Å². The fourth-order valence-corrected chi connectivity index (χ4v) is 4.57. The van der Waals surface area contributed by atoms with Gasteiger partial charge in [0.25, 0.3) is 5.91 Å². The Bertz CT molecular complexity index is 1140. The van der Waals surface area contributed by atoms with Gasteiger partial charge in [-0.3, -0.25) is 4.79 Å². The highest BCUT2D eigenvalue weighted by atomic mass is 16.7. The van der Waals surface area contributed by atoms with Crippen LogP contribution in [-0.2, 0) is 30.7 Å². The molecule has 7 heteroatoms. The maximum atomic E-state index is 13.5. The maximum absolute atomic E-state index is 13.5. The normalized spacial score (nSPS) is 18.6. The van der Waals surface area contributed by atoms with Crippen LogP contribution in [0.15, 0.2) is 48.5 Å². The number of benzene rings is 2. The average molecular weight is 522 g/mol. The summed E-state index contributed by atoms with van der Waals surface area (Å²) in [4.78, 5) is 26.9. The van der Waals surface area contributed by atoms with Gasteiger partial charge in [0, 0.05) is 12.0 Å². The molecule has 0 aromatic heterocycles. The molecule has 2 aromatic carbocycles. The zero-order valence-electron chi connectivity index (χ0n) is 24.9. The third-order valence-corrected chi connectivity index (χ3v) is 8.13. The van der Waals surface area contributed by atoms with Crippen LogP contribution in [0.5, 0.6) is 0 Å². The van der Waals surface area contributed by atoms with Crippen molar-refractivity contribution < 1.29 is 23.6 Å². The smallest absolute Gasteiger partial charge is 0.467 e. The Balaban J connectivity index is 1.91. The number of rotatable bonds is 6. The first-order chi connectivity index (χ1) is 17.3. The Morgan fingerprint density at radius 3 is 1.76 bits per heavy atom. The summed E-state index contributed by atoms with van der Waals surface area (Å²) in [6.07, 6.45) is 0.263. The SMILES string of the molecule is COC(=O)[C@@](Cc1ccc(B2OC(C)(C)C(C)(C)O2)cc1)(NC(=O)c1ccc(C(C)(C)C)cc1)C(C)(C)C. The van der Waals surface area contributed by atoms with Gasteiger partial charge in [0.2, 0.25) is 0 Å². The number of hydrogen-bond donors (Lipinski definition) is 1. The van der Waals surface area contributed by atoms with E-state index in [9.17, 15) is 9.59 Å². The van der Waals surface area contributed by atoms with Crippen LogP contribution in [0.3, 0.4) is 0 Å². The Morgan fingerprint density at radius 2 is 1.34 bits per heavy atom. The summed E-state index contributed by atoms with van der Waals surface area (Å²) in [7, 11) is 0.881. The molecule has 206 valence electrons. The first kappa shape index (κ1) is 29.9. The third kappa shape index (κ3) is 5.84. The summed E-state index contributed by atoms with van der Waals surface area (Å²) in [5, 5.41) is 3.07. The summed E-state index contributed by atoms with van der Waals surface area (Å²) < 4.78 is 17.6. The van der Waals surface area contributed by atoms with Crippen molar-refractivity contribution in [3.8, 4) is 0 Å². The molecule has 1 amide bonds. The van der Waals surface area contributed by atoms with Gasteiger partial charge in [-0.15, -0.1) is 0 Å². The van der Waals surface area contributed by atoms with Crippen molar-refractivity contribution in [3.05, 3.63) is 65.2 Å². The van der Waals surface area contributed by atoms with Gasteiger partial charge in [-0.25, -0.2) is 4.79 Å². The van der Waals surface area contributed by atoms with Gasteiger partial charge in [-0.1, -0.05) is 77.9 Å². The molecule has 1 aliphatic heterocycles. The van der Waals surface area contributed by atoms with Crippen LogP contribution in [0.25, 0.3) is 0 Å². The van der Waals surface area contributed by atoms with Crippen LogP contribution >= 0.6 is 0 Å². The van der Waals surface area contributed by atoms with Gasteiger partial charge in [-0.2, -0.15) is 0 Å². The maximum Gasteiger partial charge on any atom is 0.494 e. The largest absolute Gasteiger partial charge is 0.494 e. The summed E-state index contributed by atoms with van der Waals surface area (Å²) in [5.41, 5.74) is 0.568. The average Bonchev–Trinajstić information content (AvgIpc) is 3.03. The van der Waals surface area contributed by atoms with Gasteiger partial charge in [0.1, 0.15) is 5.54 Å². The number of carbonyl (C=O) groups excluding carboxylic acids is 2. The third-order valence-electron chi connectivity index (χ3n) is 8.13. The van der Waals surface area contributed by atoms with E-state index in [0.717, 1.165) is 16.6 Å². The second-order valence-electron chi connectivity index (χ2n) is 13.4. The topological polar surface area (TPSA) is 73.9 Å². The van der Waals surface area contributed by atoms with E-state index < -0.39 is 35.2 Å². The van der Waals surface area contributed by atoms with Crippen LogP contribution in [0.1, 0.15) is 90.7 Å². The van der Waals surface area contributed by atoms with Crippen LogP contribution in [0, 0.1) is 5.41 Å². The lowest BCUT2D eigenvalue weighted by Gasteiger charge is -2.43. The number of carbonyl (C=O) groups is 2. The predicted molar refractivity (Wildman–Crippen MR) is 153 cm³/mol. The quantitative estimate of drug-likeness (QED) is 0.417. The monoisotopic (exact) mass is 521 g/mol. The molecule has 2 aromatic rings. The Morgan fingerprint density at radius 1 is 0.842 bits per heavy atom. The molecule has 3 rings (SSSR count). The molecule has 1 saturated heterocycles. The summed E-state index contributed by atoms with van der Waals surface area (Å²) in [6.45, 7) is 20.3. The highest BCUT2D eigenvalue weighted by Gasteiger charge is 2.53. The Labute approximate surface area is 229 Å². The van der Waals surface area contributed by atoms with Gasteiger partial charge in [-0.05, 0) is 67.2 Å². The highest BCUT2D eigenvalue weighted by Crippen LogP contribution is 2.37. The minimum atomic E-state index is -1.30. The van der Waals surface area contributed by atoms with E-state index in [1.807, 2.05) is 84.9 Å². The number of methoxy groups -OCH3 is 1. The van der Waals surface area contributed by atoms with Gasteiger partial charge in [0.15, 0.2) is 0 Å². The summed E-state index contributed by atoms with van der Waals surface area (Å²) in [6, 6.07) is 15.3. The lowest BCUT2D eigenvalue weighted by atomic mass is 9.69. The molecule has 38 heavy (non-hydrogen) atoms. The van der Waals surface area contributed by atoms with Gasteiger partial charge >= 0.3 is 13.1 Å². The Kier molecular flexibility index (Phi) is 8.00. The van der Waals surface area contributed by atoms with Crippen LogP contribution in [0.4, 0.5) is 0 Å². The van der Waals surface area contributed by atoms with E-state index in [0.29, 0.717) is 5.56 Å². The zero-order valence-corrected chi connectivity index (χ0v) is 24.9. The van der Waals surface area contributed by atoms with E-state index in [1.165, 1.54) is 7.11 Å². The van der Waals surface area contributed by atoms with Gasteiger partial charge < -0.3 is 19.4 Å². The fourth-order valence-electron chi connectivity index (χ4n) is 4.57. The summed E-state index contributed by atoms with van der Waals surface area (Å²) in [5.74, 6) is -0.806. The van der Waals surface area contributed by atoms with Crippen molar-refractivity contribution in [2.24, 2.45) is 5.41 Å². The van der Waals surface area contributed by atoms with Gasteiger partial charge in [0.05, 0.1) is 18.3 Å². The molecule has 0 aliphatic carbocycles. The van der Waals surface area contributed by atoms with Crippen LogP contribution < -0.4 is 10.8 Å². The molecular weight excluding hydrogens is 477 g/mol. The molecule has 1 fully saturated rings. The Hall–Kier alpha value is -2.64. The van der Waals surface area contributed by atoms with Crippen molar-refractivity contribution in [3.63, 3.8) is 0 Å². The highest BCUT2D eigenvalue weighted by molar-refractivity contribution is 6.62. The van der Waals surface area contributed by atoms with Crippen molar-refractivity contribution in [1.29, 1.82) is 0 Å². The molecular formula is C31H44BNO5. The fraction of sp³-hybridized carbons (Fsp3) is 0.548. The number of ether oxygens (including phenoxy) is 1. The molecule has 1 atom stereocenters. The first-order valence-electron chi connectivity index (χ1n) is 13.3. The standard InChI is InChI=1S/C31H44BNO5/c1-27(2,3)23-16-14-22(15-17-23)25(34)33-31(26(35)36-11,28(4,5)6)20-21-12-18-24(19-13-21)32-37-29(7,8)30(9,10)38-32/h12-19H,20H2,1-11H3,(H,33,34)/t31-/m1/s1. The molecule has 1 heterocycles. The molecule has 0 radical (unpaired) electrons. The first-order valence-corrected chi connectivity index (χ1v) is 13.3. The van der Waals surface area contributed by atoms with Crippen molar-refractivity contribution in [2.75, 3.05) is 7.11 Å². The summed E-state index contributed by atoms with van der Waals surface area (Å²) >= 11 is 0.